The third kappa shape index (κ3) is 4.29. The van der Waals surface area contributed by atoms with Crippen molar-refractivity contribution >= 4 is 46.0 Å². The summed E-state index contributed by atoms with van der Waals surface area (Å²) in [6, 6.07) is 8.43. The number of nitrogens with zero attached hydrogens (tertiary/aromatic N) is 1. The Kier molecular flexibility index (Phi) is 5.40. The first-order chi connectivity index (χ1) is 11.6. The molecule has 0 saturated heterocycles. The van der Waals surface area contributed by atoms with Gasteiger partial charge < -0.3 is 4.74 Å². The van der Waals surface area contributed by atoms with Crippen LogP contribution in [0.5, 0.6) is 0 Å². The minimum absolute atomic E-state index is 0.0501. The largest absolute Gasteiger partial charge is 0.457 e. The predicted octanol–water partition coefficient (Wildman–Crippen LogP) is 4.49. The molecule has 2 heterocycles. The van der Waals surface area contributed by atoms with Gasteiger partial charge in [-0.2, -0.15) is 11.3 Å². The third-order valence-electron chi connectivity index (χ3n) is 3.18. The predicted molar refractivity (Wildman–Crippen MR) is 95.9 cm³/mol. The molecular weight excluding hydrogens is 366 g/mol. The number of esters is 1. The molecule has 1 aromatic carbocycles. The third-order valence-corrected chi connectivity index (χ3v) is 5.05. The van der Waals surface area contributed by atoms with Crippen LogP contribution in [-0.4, -0.2) is 23.3 Å². The molecule has 0 unspecified atom stereocenters. The number of ether oxygens (including phenoxy) is 1. The fourth-order valence-electron chi connectivity index (χ4n) is 1.97. The molecule has 0 amide bonds. The van der Waals surface area contributed by atoms with Crippen molar-refractivity contribution in [2.75, 3.05) is 6.61 Å². The number of aromatic nitrogens is 1. The van der Waals surface area contributed by atoms with Gasteiger partial charge in [0.1, 0.15) is 5.01 Å². The Morgan fingerprint density at radius 3 is 2.62 bits per heavy atom. The van der Waals surface area contributed by atoms with E-state index in [0.29, 0.717) is 16.3 Å². The summed E-state index contributed by atoms with van der Waals surface area (Å²) >= 11 is 8.85. The molecule has 0 N–H and O–H groups in total. The number of hydrogen-bond donors (Lipinski definition) is 0. The summed E-state index contributed by atoms with van der Waals surface area (Å²) in [5, 5.41) is 7.23. The number of benzene rings is 1. The second-order valence-electron chi connectivity index (χ2n) is 4.92. The summed E-state index contributed by atoms with van der Waals surface area (Å²) < 4.78 is 5.04. The standard InChI is InChI=1S/C17H12ClNO3S2/c18-13-3-1-11(2-4-13)15(20)8-22-16(21)7-14-10-24-17(19-14)12-5-6-23-9-12/h1-6,9-10H,7-8H2. The van der Waals surface area contributed by atoms with E-state index in [-0.39, 0.29) is 18.8 Å². The molecule has 0 radical (unpaired) electrons. The highest BCUT2D eigenvalue weighted by atomic mass is 35.5. The Balaban J connectivity index is 1.52. The summed E-state index contributed by atoms with van der Waals surface area (Å²) in [5.74, 6) is -0.739. The van der Waals surface area contributed by atoms with E-state index >= 15 is 0 Å². The molecule has 0 spiro atoms. The van der Waals surface area contributed by atoms with Crippen LogP contribution in [0.2, 0.25) is 5.02 Å². The summed E-state index contributed by atoms with van der Waals surface area (Å²) in [6.07, 6.45) is 0.0501. The van der Waals surface area contributed by atoms with Crippen LogP contribution >= 0.6 is 34.3 Å². The number of thiazole rings is 1. The lowest BCUT2D eigenvalue weighted by atomic mass is 10.1. The summed E-state index contributed by atoms with van der Waals surface area (Å²) in [5.41, 5.74) is 2.15. The lowest BCUT2D eigenvalue weighted by Gasteiger charge is -2.03. The zero-order chi connectivity index (χ0) is 16.9. The van der Waals surface area contributed by atoms with Gasteiger partial charge in [-0.05, 0) is 35.7 Å². The Hall–Kier alpha value is -2.02. The maximum Gasteiger partial charge on any atom is 0.312 e. The molecule has 0 aliphatic rings. The van der Waals surface area contributed by atoms with Gasteiger partial charge in [0.2, 0.25) is 0 Å². The molecule has 122 valence electrons. The number of ketones is 1. The van der Waals surface area contributed by atoms with E-state index < -0.39 is 5.97 Å². The van der Waals surface area contributed by atoms with Gasteiger partial charge in [0.15, 0.2) is 12.4 Å². The van der Waals surface area contributed by atoms with E-state index in [0.717, 1.165) is 10.6 Å². The average Bonchev–Trinajstić information content (AvgIpc) is 3.24. The normalized spacial score (nSPS) is 10.5. The van der Waals surface area contributed by atoms with Crippen LogP contribution in [0.25, 0.3) is 10.6 Å². The van der Waals surface area contributed by atoms with E-state index in [4.69, 9.17) is 16.3 Å². The van der Waals surface area contributed by atoms with Crippen LogP contribution in [0.15, 0.2) is 46.5 Å². The number of rotatable bonds is 6. The van der Waals surface area contributed by atoms with Crippen LogP contribution in [0.1, 0.15) is 16.1 Å². The first-order valence-electron chi connectivity index (χ1n) is 7.03. The molecule has 3 rings (SSSR count). The van der Waals surface area contributed by atoms with Crippen LogP contribution in [0.4, 0.5) is 0 Å². The Labute approximate surface area is 151 Å². The number of carbonyl (C=O) groups excluding carboxylic acids is 2. The SMILES string of the molecule is O=C(Cc1csc(-c2ccsc2)n1)OCC(=O)c1ccc(Cl)cc1. The minimum Gasteiger partial charge on any atom is -0.457 e. The smallest absolute Gasteiger partial charge is 0.312 e. The molecular formula is C17H12ClNO3S2. The number of Topliss-reactive ketones (excluding diaryl/α,β-unsaturated/α-hetero) is 1. The van der Waals surface area contributed by atoms with Crippen molar-refractivity contribution in [2.45, 2.75) is 6.42 Å². The quantitative estimate of drug-likeness (QED) is 0.469. The van der Waals surface area contributed by atoms with Crippen LogP contribution in [-0.2, 0) is 16.0 Å². The van der Waals surface area contributed by atoms with E-state index in [1.807, 2.05) is 22.2 Å². The number of carbonyl (C=O) groups is 2. The van der Waals surface area contributed by atoms with Gasteiger partial charge in [-0.15, -0.1) is 11.3 Å². The van der Waals surface area contributed by atoms with E-state index in [9.17, 15) is 9.59 Å². The van der Waals surface area contributed by atoms with Crippen molar-refractivity contribution in [3.8, 4) is 10.6 Å². The monoisotopic (exact) mass is 377 g/mol. The van der Waals surface area contributed by atoms with Crippen molar-refractivity contribution in [2.24, 2.45) is 0 Å². The molecule has 0 atom stereocenters. The molecule has 2 aromatic heterocycles. The minimum atomic E-state index is -0.473. The Morgan fingerprint density at radius 1 is 1.12 bits per heavy atom. The zero-order valence-corrected chi connectivity index (χ0v) is 14.8. The molecule has 0 bridgehead atoms. The first kappa shape index (κ1) is 16.8. The fraction of sp³-hybridized carbons (Fsp3) is 0.118. The first-order valence-corrected chi connectivity index (χ1v) is 9.23. The van der Waals surface area contributed by atoms with Crippen molar-refractivity contribution in [1.29, 1.82) is 0 Å². The van der Waals surface area contributed by atoms with Crippen molar-refractivity contribution in [3.63, 3.8) is 0 Å². The second-order valence-corrected chi connectivity index (χ2v) is 7.00. The second kappa shape index (κ2) is 7.70. The highest BCUT2D eigenvalue weighted by Gasteiger charge is 2.13. The lowest BCUT2D eigenvalue weighted by Crippen LogP contribution is -2.15. The molecule has 0 aliphatic carbocycles. The number of hydrogen-bond acceptors (Lipinski definition) is 6. The van der Waals surface area contributed by atoms with Crippen molar-refractivity contribution in [3.05, 3.63) is 62.8 Å². The van der Waals surface area contributed by atoms with E-state index in [1.54, 1.807) is 35.6 Å². The van der Waals surface area contributed by atoms with Crippen LogP contribution in [0.3, 0.4) is 0 Å². The molecule has 0 saturated carbocycles. The van der Waals surface area contributed by atoms with Gasteiger partial charge in [-0.3, -0.25) is 9.59 Å². The van der Waals surface area contributed by atoms with Gasteiger partial charge in [0, 0.05) is 26.9 Å². The molecule has 24 heavy (non-hydrogen) atoms. The van der Waals surface area contributed by atoms with Gasteiger partial charge in [0.05, 0.1) is 12.1 Å². The van der Waals surface area contributed by atoms with Crippen molar-refractivity contribution < 1.29 is 14.3 Å². The lowest BCUT2D eigenvalue weighted by molar-refractivity contribution is -0.141. The highest BCUT2D eigenvalue weighted by molar-refractivity contribution is 7.14. The van der Waals surface area contributed by atoms with Gasteiger partial charge in [0.25, 0.3) is 0 Å². The number of halogens is 1. The maximum atomic E-state index is 11.9. The van der Waals surface area contributed by atoms with Gasteiger partial charge in [-0.25, -0.2) is 4.98 Å². The van der Waals surface area contributed by atoms with E-state index in [1.165, 1.54) is 11.3 Å². The molecule has 4 nitrogen and oxygen atoms in total. The average molecular weight is 378 g/mol. The maximum absolute atomic E-state index is 11.9. The van der Waals surface area contributed by atoms with Crippen LogP contribution in [0, 0.1) is 0 Å². The van der Waals surface area contributed by atoms with Gasteiger partial charge in [-0.1, -0.05) is 11.6 Å². The zero-order valence-electron chi connectivity index (χ0n) is 12.4. The molecule has 0 aliphatic heterocycles. The summed E-state index contributed by atoms with van der Waals surface area (Å²) in [7, 11) is 0. The topological polar surface area (TPSA) is 56.3 Å². The summed E-state index contributed by atoms with van der Waals surface area (Å²) in [6.45, 7) is -0.290. The Bertz CT molecular complexity index is 841. The Morgan fingerprint density at radius 2 is 1.92 bits per heavy atom. The molecule has 0 fully saturated rings. The van der Waals surface area contributed by atoms with Crippen molar-refractivity contribution in [1.82, 2.24) is 4.98 Å². The molecule has 3 aromatic rings. The highest BCUT2D eigenvalue weighted by Crippen LogP contribution is 2.25. The summed E-state index contributed by atoms with van der Waals surface area (Å²) in [4.78, 5) is 28.2. The van der Waals surface area contributed by atoms with Gasteiger partial charge >= 0.3 is 5.97 Å². The number of thiophene rings is 1. The van der Waals surface area contributed by atoms with Crippen LogP contribution < -0.4 is 0 Å². The van der Waals surface area contributed by atoms with E-state index in [2.05, 4.69) is 4.98 Å². The fourth-order valence-corrected chi connectivity index (χ4v) is 3.63. The molecule has 7 heteroatoms.